The maximum atomic E-state index is 12.9. The van der Waals surface area contributed by atoms with E-state index < -0.39 is 5.97 Å². The minimum atomic E-state index is -0.466. The molecule has 0 saturated heterocycles. The van der Waals surface area contributed by atoms with Gasteiger partial charge in [0.2, 0.25) is 5.91 Å². The number of hydrogen-bond donors (Lipinski definition) is 1. The second-order valence-electron chi connectivity index (χ2n) is 8.43. The van der Waals surface area contributed by atoms with E-state index in [4.69, 9.17) is 9.47 Å². The number of nitrogens with one attached hydrogen (secondary N) is 1. The Bertz CT molecular complexity index is 1380. The molecule has 1 atom stereocenters. The summed E-state index contributed by atoms with van der Waals surface area (Å²) in [5, 5.41) is 14.3. The van der Waals surface area contributed by atoms with Crippen LogP contribution in [0.3, 0.4) is 0 Å². The lowest BCUT2D eigenvalue weighted by Crippen LogP contribution is -2.17. The molecule has 0 aliphatic rings. The lowest BCUT2D eigenvalue weighted by molar-refractivity contribution is -0.113. The molecule has 8 nitrogen and oxygen atoms in total. The second kappa shape index (κ2) is 12.7. The van der Waals surface area contributed by atoms with E-state index in [0.717, 1.165) is 23.3 Å². The fourth-order valence-corrected chi connectivity index (χ4v) is 5.54. The molecule has 4 rings (SSSR count). The van der Waals surface area contributed by atoms with Gasteiger partial charge in [-0.1, -0.05) is 61.2 Å². The summed E-state index contributed by atoms with van der Waals surface area (Å²) in [5.41, 5.74) is 3.22. The predicted molar refractivity (Wildman–Crippen MR) is 151 cm³/mol. The Morgan fingerprint density at radius 3 is 2.50 bits per heavy atom. The van der Waals surface area contributed by atoms with Crippen LogP contribution in [0.25, 0.3) is 11.1 Å². The van der Waals surface area contributed by atoms with Crippen molar-refractivity contribution in [2.75, 3.05) is 17.7 Å². The summed E-state index contributed by atoms with van der Waals surface area (Å²) in [6.07, 6.45) is 0.649. The lowest BCUT2D eigenvalue weighted by atomic mass is 10.0. The average molecular weight is 551 g/mol. The number of hydrogen-bond acceptors (Lipinski definition) is 8. The quantitative estimate of drug-likeness (QED) is 0.177. The average Bonchev–Trinajstić information content (AvgIpc) is 3.51. The first-order chi connectivity index (χ1) is 18.4. The zero-order chi connectivity index (χ0) is 27.1. The Kier molecular flexibility index (Phi) is 9.19. The number of amides is 1. The number of aromatic nitrogens is 3. The van der Waals surface area contributed by atoms with Crippen LogP contribution >= 0.6 is 23.1 Å². The van der Waals surface area contributed by atoms with Gasteiger partial charge in [0.1, 0.15) is 16.3 Å². The molecule has 1 unspecified atom stereocenters. The number of ether oxygens (including phenoxy) is 2. The van der Waals surface area contributed by atoms with Crippen molar-refractivity contribution in [3.05, 3.63) is 76.9 Å². The van der Waals surface area contributed by atoms with Crippen molar-refractivity contribution >= 4 is 40.0 Å². The van der Waals surface area contributed by atoms with Crippen molar-refractivity contribution in [3.63, 3.8) is 0 Å². The molecule has 0 aliphatic heterocycles. The van der Waals surface area contributed by atoms with Crippen molar-refractivity contribution in [1.82, 2.24) is 14.8 Å². The third-order valence-corrected chi connectivity index (χ3v) is 7.73. The maximum Gasteiger partial charge on any atom is 0.341 e. The molecular weight excluding hydrogens is 520 g/mol. The van der Waals surface area contributed by atoms with Crippen LogP contribution < -0.4 is 10.1 Å². The van der Waals surface area contributed by atoms with Gasteiger partial charge in [-0.2, -0.15) is 0 Å². The molecule has 198 valence electrons. The van der Waals surface area contributed by atoms with Crippen LogP contribution in [0.2, 0.25) is 0 Å². The molecule has 0 fully saturated rings. The van der Waals surface area contributed by atoms with Crippen molar-refractivity contribution < 1.29 is 19.1 Å². The molecule has 2 aromatic carbocycles. The standard InChI is InChI=1S/C28H30N4O4S2/c1-5-19-12-14-21(15-13-19)36-18(3)25-30-31-28(32(25)4)38-17-23(33)29-26-24(27(34)35-6-2)22(16-37-26)20-10-8-7-9-11-20/h7-16,18H,5-6,17H2,1-4H3,(H,29,33). The summed E-state index contributed by atoms with van der Waals surface area (Å²) in [4.78, 5) is 25.6. The van der Waals surface area contributed by atoms with E-state index in [1.807, 2.05) is 78.5 Å². The Balaban J connectivity index is 1.41. The molecule has 1 N–H and O–H groups in total. The number of carbonyl (C=O) groups excluding carboxylic acids is 2. The van der Waals surface area contributed by atoms with Crippen LogP contribution in [0.5, 0.6) is 5.75 Å². The van der Waals surface area contributed by atoms with Crippen molar-refractivity contribution in [3.8, 4) is 16.9 Å². The first-order valence-corrected chi connectivity index (χ1v) is 14.2. The SMILES string of the molecule is CCOC(=O)c1c(-c2ccccc2)csc1NC(=O)CSc1nnc(C(C)Oc2ccc(CC)cc2)n1C. The summed E-state index contributed by atoms with van der Waals surface area (Å²) in [5.74, 6) is 0.789. The number of carbonyl (C=O) groups is 2. The van der Waals surface area contributed by atoms with Crippen LogP contribution in [0, 0.1) is 0 Å². The Morgan fingerprint density at radius 2 is 1.82 bits per heavy atom. The number of anilines is 1. The van der Waals surface area contributed by atoms with Gasteiger partial charge < -0.3 is 19.4 Å². The van der Waals surface area contributed by atoms with E-state index in [1.54, 1.807) is 6.92 Å². The van der Waals surface area contributed by atoms with Gasteiger partial charge in [-0.05, 0) is 43.5 Å². The predicted octanol–water partition coefficient (Wildman–Crippen LogP) is 6.15. The second-order valence-corrected chi connectivity index (χ2v) is 10.3. The highest BCUT2D eigenvalue weighted by Crippen LogP contribution is 2.36. The molecule has 0 bridgehead atoms. The highest BCUT2D eigenvalue weighted by atomic mass is 32.2. The summed E-state index contributed by atoms with van der Waals surface area (Å²) in [6.45, 7) is 6.02. The van der Waals surface area contributed by atoms with Gasteiger partial charge in [-0.25, -0.2) is 4.79 Å². The van der Waals surface area contributed by atoms with Crippen LogP contribution in [0.1, 0.15) is 48.6 Å². The number of aryl methyl sites for hydroxylation is 1. The summed E-state index contributed by atoms with van der Waals surface area (Å²) >= 11 is 2.56. The number of benzene rings is 2. The number of esters is 1. The van der Waals surface area contributed by atoms with Crippen LogP contribution in [0.4, 0.5) is 5.00 Å². The third kappa shape index (κ3) is 6.43. The molecule has 0 saturated carbocycles. The first kappa shape index (κ1) is 27.4. The lowest BCUT2D eigenvalue weighted by Gasteiger charge is -2.14. The Morgan fingerprint density at radius 1 is 1.08 bits per heavy atom. The molecule has 38 heavy (non-hydrogen) atoms. The van der Waals surface area contributed by atoms with Gasteiger partial charge in [0.15, 0.2) is 17.1 Å². The number of rotatable bonds is 11. The normalized spacial score (nSPS) is 11.7. The van der Waals surface area contributed by atoms with Crippen LogP contribution in [-0.4, -0.2) is 39.0 Å². The Labute approximate surface area is 230 Å². The first-order valence-electron chi connectivity index (χ1n) is 12.3. The fraction of sp³-hybridized carbons (Fsp3) is 0.286. The molecule has 2 aromatic heterocycles. The van der Waals surface area contributed by atoms with E-state index in [0.29, 0.717) is 21.5 Å². The fourth-order valence-electron chi connectivity index (χ4n) is 3.85. The molecular formula is C28H30N4O4S2. The van der Waals surface area contributed by atoms with E-state index in [-0.39, 0.29) is 24.4 Å². The van der Waals surface area contributed by atoms with Gasteiger partial charge in [0.05, 0.1) is 12.4 Å². The zero-order valence-electron chi connectivity index (χ0n) is 21.8. The number of thiophene rings is 1. The summed E-state index contributed by atoms with van der Waals surface area (Å²) < 4.78 is 13.1. The van der Waals surface area contributed by atoms with E-state index in [2.05, 4.69) is 22.4 Å². The molecule has 0 spiro atoms. The smallest absolute Gasteiger partial charge is 0.341 e. The van der Waals surface area contributed by atoms with Crippen LogP contribution in [-0.2, 0) is 23.0 Å². The molecule has 10 heteroatoms. The largest absolute Gasteiger partial charge is 0.483 e. The van der Waals surface area contributed by atoms with Crippen molar-refractivity contribution in [1.29, 1.82) is 0 Å². The topological polar surface area (TPSA) is 95.3 Å². The highest BCUT2D eigenvalue weighted by Gasteiger charge is 2.23. The molecule has 0 aliphatic carbocycles. The zero-order valence-corrected chi connectivity index (χ0v) is 23.4. The summed E-state index contributed by atoms with van der Waals surface area (Å²) in [6, 6.07) is 17.5. The molecule has 0 radical (unpaired) electrons. The number of thioether (sulfide) groups is 1. The van der Waals surface area contributed by atoms with Gasteiger partial charge in [-0.15, -0.1) is 21.5 Å². The number of nitrogens with zero attached hydrogens (tertiary/aromatic N) is 3. The van der Waals surface area contributed by atoms with E-state index >= 15 is 0 Å². The van der Waals surface area contributed by atoms with Gasteiger partial charge in [0, 0.05) is 18.0 Å². The van der Waals surface area contributed by atoms with Crippen LogP contribution in [0.15, 0.2) is 65.1 Å². The minimum absolute atomic E-state index is 0.0977. The summed E-state index contributed by atoms with van der Waals surface area (Å²) in [7, 11) is 1.85. The van der Waals surface area contributed by atoms with E-state index in [1.165, 1.54) is 28.7 Å². The Hall–Kier alpha value is -3.63. The van der Waals surface area contributed by atoms with Crippen molar-refractivity contribution in [2.24, 2.45) is 7.05 Å². The van der Waals surface area contributed by atoms with Gasteiger partial charge >= 0.3 is 5.97 Å². The molecule has 1 amide bonds. The van der Waals surface area contributed by atoms with Gasteiger partial charge in [-0.3, -0.25) is 4.79 Å². The molecule has 4 aromatic rings. The monoisotopic (exact) mass is 550 g/mol. The molecule has 2 heterocycles. The van der Waals surface area contributed by atoms with E-state index in [9.17, 15) is 9.59 Å². The highest BCUT2D eigenvalue weighted by molar-refractivity contribution is 7.99. The third-order valence-electron chi connectivity index (χ3n) is 5.82. The minimum Gasteiger partial charge on any atom is -0.483 e. The maximum absolute atomic E-state index is 12.9. The van der Waals surface area contributed by atoms with Gasteiger partial charge in [0.25, 0.3) is 0 Å². The van der Waals surface area contributed by atoms with Crippen molar-refractivity contribution in [2.45, 2.75) is 38.5 Å².